The number of anilines is 1. The van der Waals surface area contributed by atoms with Crippen molar-refractivity contribution in [3.63, 3.8) is 0 Å². The van der Waals surface area contributed by atoms with Gasteiger partial charge in [0.25, 0.3) is 0 Å². The van der Waals surface area contributed by atoms with E-state index in [1.165, 1.54) is 38.5 Å². The van der Waals surface area contributed by atoms with E-state index in [0.29, 0.717) is 11.2 Å². The summed E-state index contributed by atoms with van der Waals surface area (Å²) in [6.45, 7) is 4.17. The van der Waals surface area contributed by atoms with Gasteiger partial charge in [0.05, 0.1) is 0 Å². The molecule has 1 heterocycles. The lowest BCUT2D eigenvalue weighted by Crippen LogP contribution is -2.32. The van der Waals surface area contributed by atoms with Gasteiger partial charge in [-0.2, -0.15) is 0 Å². The molecule has 4 heteroatoms. The zero-order valence-electron chi connectivity index (χ0n) is 13.0. The van der Waals surface area contributed by atoms with Crippen molar-refractivity contribution in [3.8, 4) is 0 Å². The molecular formula is C16H26ClN3. The molecule has 0 radical (unpaired) electrons. The number of rotatable bonds is 4. The topological polar surface area (TPSA) is 29.0 Å². The van der Waals surface area contributed by atoms with Crippen LogP contribution in [0.5, 0.6) is 0 Å². The monoisotopic (exact) mass is 295 g/mol. The zero-order chi connectivity index (χ0) is 14.5. The van der Waals surface area contributed by atoms with Crippen LogP contribution in [0.3, 0.4) is 0 Å². The maximum Gasteiger partial charge on any atom is 0.137 e. The summed E-state index contributed by atoms with van der Waals surface area (Å²) in [5.74, 6) is 1.90. The van der Waals surface area contributed by atoms with E-state index in [9.17, 15) is 0 Å². The van der Waals surface area contributed by atoms with Crippen LogP contribution in [-0.2, 0) is 6.42 Å². The van der Waals surface area contributed by atoms with Crippen molar-refractivity contribution in [1.82, 2.24) is 9.97 Å². The first-order valence-electron chi connectivity index (χ1n) is 7.89. The van der Waals surface area contributed by atoms with Gasteiger partial charge in [-0.15, -0.1) is 0 Å². The summed E-state index contributed by atoms with van der Waals surface area (Å²) < 4.78 is 0. The molecule has 0 aromatic carbocycles. The highest BCUT2D eigenvalue weighted by Gasteiger charge is 2.21. The molecular weight excluding hydrogens is 270 g/mol. The van der Waals surface area contributed by atoms with E-state index in [0.717, 1.165) is 30.0 Å². The highest BCUT2D eigenvalue weighted by Crippen LogP contribution is 2.29. The quantitative estimate of drug-likeness (QED) is 0.603. The predicted octanol–water partition coefficient (Wildman–Crippen LogP) is 4.55. The minimum atomic E-state index is 0.594. The van der Waals surface area contributed by atoms with Crippen LogP contribution in [-0.4, -0.2) is 23.1 Å². The van der Waals surface area contributed by atoms with Gasteiger partial charge < -0.3 is 4.90 Å². The first-order valence-corrected chi connectivity index (χ1v) is 8.27. The second-order valence-corrected chi connectivity index (χ2v) is 6.24. The van der Waals surface area contributed by atoms with Crippen LogP contribution in [0.25, 0.3) is 0 Å². The fourth-order valence-corrected chi connectivity index (χ4v) is 3.20. The van der Waals surface area contributed by atoms with Crippen molar-refractivity contribution in [2.45, 2.75) is 71.3 Å². The normalized spacial score (nSPS) is 17.0. The van der Waals surface area contributed by atoms with Gasteiger partial charge in [-0.3, -0.25) is 0 Å². The largest absolute Gasteiger partial charge is 0.356 e. The third-order valence-electron chi connectivity index (χ3n) is 4.29. The standard InChI is InChI=1S/C16H26ClN3/c1-4-9-14-18-15(17)12(2)16(19-14)20(3)13-10-7-5-6-8-11-13/h13H,4-11H2,1-3H3. The second-order valence-electron chi connectivity index (χ2n) is 5.89. The van der Waals surface area contributed by atoms with Gasteiger partial charge in [-0.25, -0.2) is 9.97 Å². The van der Waals surface area contributed by atoms with E-state index < -0.39 is 0 Å². The molecule has 0 bridgehead atoms. The summed E-state index contributed by atoms with van der Waals surface area (Å²) in [6, 6.07) is 0.594. The molecule has 0 saturated heterocycles. The van der Waals surface area contributed by atoms with E-state index in [-0.39, 0.29) is 0 Å². The SMILES string of the molecule is CCCc1nc(Cl)c(C)c(N(C)C2CCCCCC2)n1. The van der Waals surface area contributed by atoms with Gasteiger partial charge in [0, 0.05) is 25.1 Å². The van der Waals surface area contributed by atoms with Crippen LogP contribution in [0, 0.1) is 6.92 Å². The number of hydrogen-bond acceptors (Lipinski definition) is 3. The van der Waals surface area contributed by atoms with Gasteiger partial charge in [0.1, 0.15) is 16.8 Å². The Balaban J connectivity index is 2.24. The molecule has 1 saturated carbocycles. The van der Waals surface area contributed by atoms with Gasteiger partial charge in [-0.05, 0) is 26.2 Å². The molecule has 0 spiro atoms. The van der Waals surface area contributed by atoms with Crippen LogP contribution < -0.4 is 4.90 Å². The van der Waals surface area contributed by atoms with Gasteiger partial charge in [0.15, 0.2) is 0 Å². The summed E-state index contributed by atoms with van der Waals surface area (Å²) in [5, 5.41) is 0.610. The fourth-order valence-electron chi connectivity index (χ4n) is 3.02. The van der Waals surface area contributed by atoms with Crippen molar-refractivity contribution in [3.05, 3.63) is 16.5 Å². The lowest BCUT2D eigenvalue weighted by atomic mass is 10.1. The number of aromatic nitrogens is 2. The molecule has 20 heavy (non-hydrogen) atoms. The number of nitrogens with zero attached hydrogens (tertiary/aromatic N) is 3. The maximum atomic E-state index is 6.29. The summed E-state index contributed by atoms with van der Waals surface area (Å²) >= 11 is 6.29. The first-order chi connectivity index (χ1) is 9.63. The molecule has 0 atom stereocenters. The smallest absolute Gasteiger partial charge is 0.137 e. The first kappa shape index (κ1) is 15.6. The van der Waals surface area contributed by atoms with Crippen LogP contribution in [0.2, 0.25) is 5.15 Å². The van der Waals surface area contributed by atoms with Crippen LogP contribution in [0.4, 0.5) is 5.82 Å². The molecule has 1 aliphatic carbocycles. The Hall–Kier alpha value is -0.830. The lowest BCUT2D eigenvalue weighted by molar-refractivity contribution is 0.547. The summed E-state index contributed by atoms with van der Waals surface area (Å²) in [7, 11) is 2.16. The summed E-state index contributed by atoms with van der Waals surface area (Å²) in [6.07, 6.45) is 9.87. The van der Waals surface area contributed by atoms with E-state index in [1.807, 2.05) is 6.92 Å². The van der Waals surface area contributed by atoms with E-state index in [2.05, 4.69) is 23.9 Å². The number of halogens is 1. The Morgan fingerprint density at radius 2 is 1.80 bits per heavy atom. The Bertz CT molecular complexity index is 440. The maximum absolute atomic E-state index is 6.29. The molecule has 1 aromatic rings. The Kier molecular flexibility index (Phi) is 5.64. The molecule has 1 aromatic heterocycles. The highest BCUT2D eigenvalue weighted by atomic mass is 35.5. The fraction of sp³-hybridized carbons (Fsp3) is 0.750. The van der Waals surface area contributed by atoms with Crippen LogP contribution in [0.15, 0.2) is 0 Å². The average molecular weight is 296 g/mol. The van der Waals surface area contributed by atoms with Crippen molar-refractivity contribution in [2.75, 3.05) is 11.9 Å². The van der Waals surface area contributed by atoms with Gasteiger partial charge in [0.2, 0.25) is 0 Å². The molecule has 0 unspecified atom stereocenters. The summed E-state index contributed by atoms with van der Waals surface area (Å²) in [5.41, 5.74) is 1.01. The Morgan fingerprint density at radius 3 is 2.40 bits per heavy atom. The molecule has 0 N–H and O–H groups in total. The highest BCUT2D eigenvalue weighted by molar-refractivity contribution is 6.30. The number of hydrogen-bond donors (Lipinski definition) is 0. The Morgan fingerprint density at radius 1 is 1.15 bits per heavy atom. The molecule has 0 aliphatic heterocycles. The predicted molar refractivity (Wildman–Crippen MR) is 85.7 cm³/mol. The summed E-state index contributed by atoms with van der Waals surface area (Å²) in [4.78, 5) is 11.5. The average Bonchev–Trinajstić information content (AvgIpc) is 2.71. The van der Waals surface area contributed by atoms with E-state index >= 15 is 0 Å². The minimum Gasteiger partial charge on any atom is -0.356 e. The van der Waals surface area contributed by atoms with E-state index in [4.69, 9.17) is 16.6 Å². The minimum absolute atomic E-state index is 0.594. The van der Waals surface area contributed by atoms with Gasteiger partial charge in [-0.1, -0.05) is 44.2 Å². The van der Waals surface area contributed by atoms with Crippen molar-refractivity contribution >= 4 is 17.4 Å². The molecule has 3 nitrogen and oxygen atoms in total. The second kappa shape index (κ2) is 7.26. The van der Waals surface area contributed by atoms with Crippen molar-refractivity contribution < 1.29 is 0 Å². The third kappa shape index (κ3) is 3.63. The zero-order valence-corrected chi connectivity index (χ0v) is 13.7. The molecule has 0 amide bonds. The third-order valence-corrected chi connectivity index (χ3v) is 4.66. The van der Waals surface area contributed by atoms with Crippen LogP contribution >= 0.6 is 11.6 Å². The van der Waals surface area contributed by atoms with E-state index in [1.54, 1.807) is 0 Å². The Labute approximate surface area is 127 Å². The van der Waals surface area contributed by atoms with Crippen molar-refractivity contribution in [2.24, 2.45) is 0 Å². The molecule has 1 fully saturated rings. The van der Waals surface area contributed by atoms with Gasteiger partial charge >= 0.3 is 0 Å². The van der Waals surface area contributed by atoms with Crippen molar-refractivity contribution in [1.29, 1.82) is 0 Å². The number of aryl methyl sites for hydroxylation is 1. The molecule has 112 valence electrons. The molecule has 2 rings (SSSR count). The molecule has 1 aliphatic rings. The lowest BCUT2D eigenvalue weighted by Gasteiger charge is -2.29. The van der Waals surface area contributed by atoms with Crippen LogP contribution in [0.1, 0.15) is 63.3 Å².